The number of piperidine rings is 1. The number of benzene rings is 3. The van der Waals surface area contributed by atoms with Crippen LogP contribution in [0.5, 0.6) is 5.75 Å². The van der Waals surface area contributed by atoms with E-state index >= 15 is 0 Å². The fourth-order valence-corrected chi connectivity index (χ4v) is 4.66. The van der Waals surface area contributed by atoms with Crippen molar-refractivity contribution in [3.63, 3.8) is 0 Å². The Bertz CT molecular complexity index is 918. The fourth-order valence-electron chi connectivity index (χ4n) is 4.66. The molecule has 1 aliphatic rings. The monoisotopic (exact) mass is 429 g/mol. The van der Waals surface area contributed by atoms with Gasteiger partial charge in [-0.25, -0.2) is 0 Å². The Morgan fingerprint density at radius 2 is 1.44 bits per heavy atom. The Labute approximate surface area is 192 Å². The average Bonchev–Trinajstić information content (AvgIpc) is 2.85. The van der Waals surface area contributed by atoms with E-state index in [1.165, 1.54) is 24.8 Å². The molecule has 3 heteroatoms. The molecule has 2 atom stereocenters. The summed E-state index contributed by atoms with van der Waals surface area (Å²) >= 11 is 0. The van der Waals surface area contributed by atoms with Crippen molar-refractivity contribution in [3.05, 3.63) is 102 Å². The second-order valence-electron chi connectivity index (χ2n) is 9.20. The normalized spacial score (nSPS) is 17.1. The van der Waals surface area contributed by atoms with Crippen molar-refractivity contribution in [1.29, 1.82) is 0 Å². The van der Waals surface area contributed by atoms with Crippen LogP contribution in [0.2, 0.25) is 0 Å². The van der Waals surface area contributed by atoms with Gasteiger partial charge in [0.2, 0.25) is 0 Å². The highest BCUT2D eigenvalue weighted by Crippen LogP contribution is 2.27. The van der Waals surface area contributed by atoms with Gasteiger partial charge in [-0.15, -0.1) is 0 Å². The summed E-state index contributed by atoms with van der Waals surface area (Å²) in [5.41, 5.74) is 3.56. The van der Waals surface area contributed by atoms with Crippen molar-refractivity contribution >= 4 is 0 Å². The zero-order valence-corrected chi connectivity index (χ0v) is 19.1. The van der Waals surface area contributed by atoms with E-state index in [9.17, 15) is 5.11 Å². The van der Waals surface area contributed by atoms with Gasteiger partial charge in [-0.3, -0.25) is 0 Å². The predicted molar refractivity (Wildman–Crippen MR) is 131 cm³/mol. The topological polar surface area (TPSA) is 32.7 Å². The molecule has 1 unspecified atom stereocenters. The Kier molecular flexibility index (Phi) is 7.97. The molecule has 4 rings (SSSR count). The summed E-state index contributed by atoms with van der Waals surface area (Å²) in [5.74, 6) is 1.80. The molecule has 0 bridgehead atoms. The SMILES string of the molecule is CC(CN1CCC(Cc2ccccc2)CC1)[C@@H](O)c1ccc(OCc2ccccc2)cc1. The van der Waals surface area contributed by atoms with Crippen LogP contribution in [0.15, 0.2) is 84.9 Å². The second-order valence-corrected chi connectivity index (χ2v) is 9.20. The van der Waals surface area contributed by atoms with Gasteiger partial charge in [0, 0.05) is 6.54 Å². The van der Waals surface area contributed by atoms with E-state index in [1.807, 2.05) is 42.5 Å². The molecule has 3 nitrogen and oxygen atoms in total. The lowest BCUT2D eigenvalue weighted by molar-refractivity contribution is 0.0751. The van der Waals surface area contributed by atoms with Crippen molar-refractivity contribution in [3.8, 4) is 5.75 Å². The molecular weight excluding hydrogens is 394 g/mol. The number of aliphatic hydroxyl groups excluding tert-OH is 1. The van der Waals surface area contributed by atoms with Crippen LogP contribution >= 0.6 is 0 Å². The third kappa shape index (κ3) is 6.44. The molecule has 3 aromatic rings. The van der Waals surface area contributed by atoms with E-state index in [4.69, 9.17) is 4.74 Å². The molecule has 32 heavy (non-hydrogen) atoms. The lowest BCUT2D eigenvalue weighted by Crippen LogP contribution is -2.38. The van der Waals surface area contributed by atoms with Crippen LogP contribution in [-0.4, -0.2) is 29.6 Å². The van der Waals surface area contributed by atoms with Gasteiger partial charge in [0.05, 0.1) is 6.10 Å². The molecule has 0 saturated carbocycles. The van der Waals surface area contributed by atoms with Crippen molar-refractivity contribution < 1.29 is 9.84 Å². The molecule has 1 fully saturated rings. The summed E-state index contributed by atoms with van der Waals surface area (Å²) in [7, 11) is 0. The molecule has 0 aromatic heterocycles. The summed E-state index contributed by atoms with van der Waals surface area (Å²) in [6.07, 6.45) is 3.21. The van der Waals surface area contributed by atoms with Crippen LogP contribution in [0.1, 0.15) is 42.6 Å². The van der Waals surface area contributed by atoms with E-state index in [-0.39, 0.29) is 5.92 Å². The van der Waals surface area contributed by atoms with Gasteiger partial charge in [0.15, 0.2) is 0 Å². The maximum Gasteiger partial charge on any atom is 0.119 e. The first-order valence-electron chi connectivity index (χ1n) is 11.9. The lowest BCUT2D eigenvalue weighted by atomic mass is 9.89. The van der Waals surface area contributed by atoms with Gasteiger partial charge in [0.1, 0.15) is 12.4 Å². The Morgan fingerprint density at radius 3 is 2.06 bits per heavy atom. The maximum absolute atomic E-state index is 10.9. The molecule has 0 radical (unpaired) electrons. The summed E-state index contributed by atoms with van der Waals surface area (Å²) in [4.78, 5) is 2.52. The molecule has 1 N–H and O–H groups in total. The van der Waals surface area contributed by atoms with Crippen molar-refractivity contribution in [1.82, 2.24) is 4.90 Å². The second kappa shape index (κ2) is 11.3. The summed E-state index contributed by atoms with van der Waals surface area (Å²) in [6, 6.07) is 28.9. The van der Waals surface area contributed by atoms with Crippen LogP contribution in [0.3, 0.4) is 0 Å². The number of aliphatic hydroxyl groups is 1. The van der Waals surface area contributed by atoms with Crippen LogP contribution in [-0.2, 0) is 13.0 Å². The van der Waals surface area contributed by atoms with Gasteiger partial charge in [-0.2, -0.15) is 0 Å². The van der Waals surface area contributed by atoms with Gasteiger partial charge < -0.3 is 14.7 Å². The number of hydrogen-bond acceptors (Lipinski definition) is 3. The Hall–Kier alpha value is -2.62. The van der Waals surface area contributed by atoms with Crippen LogP contribution in [0.25, 0.3) is 0 Å². The third-order valence-electron chi connectivity index (χ3n) is 6.63. The minimum atomic E-state index is -0.458. The zero-order chi connectivity index (χ0) is 22.2. The van der Waals surface area contributed by atoms with E-state index in [0.717, 1.165) is 42.4 Å². The quantitative estimate of drug-likeness (QED) is 0.460. The minimum absolute atomic E-state index is 0.191. The average molecular weight is 430 g/mol. The number of likely N-dealkylation sites (tertiary alicyclic amines) is 1. The molecule has 0 spiro atoms. The lowest BCUT2D eigenvalue weighted by Gasteiger charge is -2.34. The number of ether oxygens (including phenoxy) is 1. The highest BCUT2D eigenvalue weighted by Gasteiger charge is 2.24. The minimum Gasteiger partial charge on any atom is -0.489 e. The number of hydrogen-bond donors (Lipinski definition) is 1. The van der Waals surface area contributed by atoms with E-state index in [0.29, 0.717) is 6.61 Å². The number of nitrogens with zero attached hydrogens (tertiary/aromatic N) is 1. The van der Waals surface area contributed by atoms with E-state index in [2.05, 4.69) is 54.3 Å². The summed E-state index contributed by atoms with van der Waals surface area (Å²) in [6.45, 7) is 5.90. The summed E-state index contributed by atoms with van der Waals surface area (Å²) < 4.78 is 5.87. The molecule has 0 aliphatic carbocycles. The first-order chi connectivity index (χ1) is 15.7. The van der Waals surface area contributed by atoms with Crippen LogP contribution in [0, 0.1) is 11.8 Å². The highest BCUT2D eigenvalue weighted by atomic mass is 16.5. The largest absolute Gasteiger partial charge is 0.489 e. The Morgan fingerprint density at radius 1 is 0.844 bits per heavy atom. The maximum atomic E-state index is 10.9. The molecule has 168 valence electrons. The van der Waals surface area contributed by atoms with Crippen molar-refractivity contribution in [2.75, 3.05) is 19.6 Å². The summed E-state index contributed by atoms with van der Waals surface area (Å²) in [5, 5.41) is 10.9. The first-order valence-corrected chi connectivity index (χ1v) is 11.9. The molecule has 3 aromatic carbocycles. The molecule has 1 aliphatic heterocycles. The van der Waals surface area contributed by atoms with Gasteiger partial charge >= 0.3 is 0 Å². The molecule has 0 amide bonds. The molecular formula is C29H35NO2. The van der Waals surface area contributed by atoms with Gasteiger partial charge in [-0.05, 0) is 73.0 Å². The third-order valence-corrected chi connectivity index (χ3v) is 6.63. The zero-order valence-electron chi connectivity index (χ0n) is 19.1. The molecule has 1 heterocycles. The Balaban J connectivity index is 1.22. The smallest absolute Gasteiger partial charge is 0.119 e. The van der Waals surface area contributed by atoms with Crippen LogP contribution in [0.4, 0.5) is 0 Å². The predicted octanol–water partition coefficient (Wildman–Crippen LogP) is 5.89. The molecule has 1 saturated heterocycles. The van der Waals surface area contributed by atoms with E-state index < -0.39 is 6.10 Å². The standard InChI is InChI=1S/C29H35NO2/c1-23(21-30-18-16-25(17-19-30)20-24-8-4-2-5-9-24)29(31)27-12-14-28(15-13-27)32-22-26-10-6-3-7-11-26/h2-15,23,25,29,31H,16-22H2,1H3/t23?,29-/m1/s1. The van der Waals surface area contributed by atoms with E-state index in [1.54, 1.807) is 0 Å². The fraction of sp³-hybridized carbons (Fsp3) is 0.379. The van der Waals surface area contributed by atoms with Crippen molar-refractivity contribution in [2.45, 2.75) is 38.9 Å². The highest BCUT2D eigenvalue weighted by molar-refractivity contribution is 5.29. The van der Waals surface area contributed by atoms with Crippen molar-refractivity contribution in [2.24, 2.45) is 11.8 Å². The van der Waals surface area contributed by atoms with Gasteiger partial charge in [-0.1, -0.05) is 79.7 Å². The van der Waals surface area contributed by atoms with Crippen LogP contribution < -0.4 is 4.74 Å². The first kappa shape index (κ1) is 22.6. The number of rotatable bonds is 9. The van der Waals surface area contributed by atoms with Gasteiger partial charge in [0.25, 0.3) is 0 Å².